The molecule has 2 nitrogen and oxygen atoms in total. The minimum Gasteiger partial charge on any atom is -0.337 e. The Balaban J connectivity index is 2.05. The van der Waals surface area contributed by atoms with Crippen molar-refractivity contribution in [1.29, 1.82) is 0 Å². The summed E-state index contributed by atoms with van der Waals surface area (Å²) in [6.07, 6.45) is 2.40. The molecule has 6 heteroatoms. The number of aromatic amines is 1. The molecule has 0 radical (unpaired) electrons. The second-order valence-electron chi connectivity index (χ2n) is 4.35. The van der Waals surface area contributed by atoms with E-state index in [2.05, 4.69) is 20.9 Å². The molecule has 1 aliphatic heterocycles. The lowest BCUT2D eigenvalue weighted by molar-refractivity contribution is 0.509. The molecule has 0 saturated carbocycles. The summed E-state index contributed by atoms with van der Waals surface area (Å²) >= 11 is 8.21. The Hall–Kier alpha value is -1.01. The van der Waals surface area contributed by atoms with Crippen LogP contribution in [0, 0.1) is 16.4 Å². The van der Waals surface area contributed by atoms with Gasteiger partial charge in [-0.15, -0.1) is 0 Å². The molecule has 1 N–H and O–H groups in total. The number of rotatable bonds is 1. The van der Waals surface area contributed by atoms with Crippen LogP contribution in [0.4, 0.5) is 8.78 Å². The lowest BCUT2D eigenvalue weighted by Gasteiger charge is -2.12. The van der Waals surface area contributed by atoms with E-state index >= 15 is 0 Å². The Morgan fingerprint density at radius 1 is 1.39 bits per heavy atom. The number of hydrogen-bond acceptors (Lipinski definition) is 1. The topological polar surface area (TPSA) is 20.7 Å². The highest BCUT2D eigenvalue weighted by atomic mass is 79.9. The van der Waals surface area contributed by atoms with Gasteiger partial charge in [-0.2, -0.15) is 0 Å². The van der Waals surface area contributed by atoms with Crippen LogP contribution in [0.25, 0.3) is 0 Å². The van der Waals surface area contributed by atoms with Gasteiger partial charge in [-0.05, 0) is 46.7 Å². The van der Waals surface area contributed by atoms with Crippen molar-refractivity contribution in [1.82, 2.24) is 9.55 Å². The first-order valence-electron chi connectivity index (χ1n) is 5.48. The smallest absolute Gasteiger partial charge is 0.177 e. The fraction of sp³-hybridized carbons (Fsp3) is 0.250. The normalized spacial score (nSPS) is 18.1. The Labute approximate surface area is 116 Å². The van der Waals surface area contributed by atoms with Gasteiger partial charge in [0.05, 0.1) is 4.47 Å². The van der Waals surface area contributed by atoms with Crippen LogP contribution in [-0.2, 0) is 13.0 Å². The summed E-state index contributed by atoms with van der Waals surface area (Å²) in [5.41, 5.74) is 1.13. The van der Waals surface area contributed by atoms with E-state index in [1.54, 1.807) is 6.20 Å². The van der Waals surface area contributed by atoms with Crippen molar-refractivity contribution in [3.8, 4) is 0 Å². The van der Waals surface area contributed by atoms with E-state index in [0.29, 0.717) is 22.2 Å². The van der Waals surface area contributed by atoms with Crippen molar-refractivity contribution in [3.05, 3.63) is 50.5 Å². The molecule has 0 fully saturated rings. The van der Waals surface area contributed by atoms with Crippen LogP contribution in [0.5, 0.6) is 0 Å². The summed E-state index contributed by atoms with van der Waals surface area (Å²) < 4.78 is 30.6. The van der Waals surface area contributed by atoms with Crippen molar-refractivity contribution in [2.75, 3.05) is 0 Å². The van der Waals surface area contributed by atoms with E-state index in [4.69, 9.17) is 12.2 Å². The zero-order valence-electron chi connectivity index (χ0n) is 9.21. The van der Waals surface area contributed by atoms with Gasteiger partial charge in [0, 0.05) is 29.9 Å². The largest absolute Gasteiger partial charge is 0.337 e. The quantitative estimate of drug-likeness (QED) is 0.620. The van der Waals surface area contributed by atoms with E-state index in [1.165, 1.54) is 12.1 Å². The fourth-order valence-corrected chi connectivity index (χ4v) is 3.04. The van der Waals surface area contributed by atoms with Gasteiger partial charge in [-0.1, -0.05) is 0 Å². The zero-order valence-corrected chi connectivity index (χ0v) is 11.6. The Morgan fingerprint density at radius 2 is 2.17 bits per heavy atom. The number of nitrogens with one attached hydrogen (secondary N) is 1. The molecular weight excluding hydrogens is 322 g/mol. The zero-order chi connectivity index (χ0) is 12.9. The number of H-pyrrole nitrogens is 1. The molecule has 2 aromatic rings. The fourth-order valence-electron chi connectivity index (χ4n) is 2.45. The van der Waals surface area contributed by atoms with E-state index in [9.17, 15) is 8.78 Å². The van der Waals surface area contributed by atoms with Crippen molar-refractivity contribution < 1.29 is 8.78 Å². The highest BCUT2D eigenvalue weighted by Gasteiger charge is 2.29. The van der Waals surface area contributed by atoms with E-state index < -0.39 is 11.6 Å². The molecule has 0 bridgehead atoms. The van der Waals surface area contributed by atoms with Crippen molar-refractivity contribution in [2.24, 2.45) is 0 Å². The van der Waals surface area contributed by atoms with Crippen LogP contribution in [-0.4, -0.2) is 9.55 Å². The predicted octanol–water partition coefficient (Wildman–Crippen LogP) is 3.93. The second kappa shape index (κ2) is 4.28. The number of hydrogen-bond donors (Lipinski definition) is 1. The number of benzene rings is 1. The molecule has 0 aliphatic carbocycles. The molecule has 1 aromatic heterocycles. The third-order valence-electron chi connectivity index (χ3n) is 3.30. The maximum Gasteiger partial charge on any atom is 0.177 e. The van der Waals surface area contributed by atoms with E-state index in [1.807, 2.05) is 4.57 Å². The molecule has 1 atom stereocenters. The molecule has 3 rings (SSSR count). The van der Waals surface area contributed by atoms with Crippen LogP contribution >= 0.6 is 28.1 Å². The Morgan fingerprint density at radius 3 is 2.89 bits per heavy atom. The number of imidazole rings is 1. The summed E-state index contributed by atoms with van der Waals surface area (Å²) in [5.74, 6) is -1.21. The number of fused-ring (bicyclic) bond motifs is 1. The maximum atomic E-state index is 14.0. The number of halogens is 3. The van der Waals surface area contributed by atoms with Crippen molar-refractivity contribution in [3.63, 3.8) is 0 Å². The van der Waals surface area contributed by atoms with Gasteiger partial charge in [0.15, 0.2) is 4.77 Å². The first-order chi connectivity index (χ1) is 8.58. The lowest BCUT2D eigenvalue weighted by Crippen LogP contribution is -2.07. The van der Waals surface area contributed by atoms with Crippen LogP contribution in [0.15, 0.2) is 22.8 Å². The van der Waals surface area contributed by atoms with Gasteiger partial charge < -0.3 is 9.55 Å². The van der Waals surface area contributed by atoms with Crippen LogP contribution in [0.1, 0.15) is 17.2 Å². The molecule has 0 amide bonds. The lowest BCUT2D eigenvalue weighted by atomic mass is 9.96. The van der Waals surface area contributed by atoms with Gasteiger partial charge in [-0.25, -0.2) is 8.78 Å². The summed E-state index contributed by atoms with van der Waals surface area (Å²) in [7, 11) is 0. The molecular formula is C12H9BrF2N2S. The highest BCUT2D eigenvalue weighted by molar-refractivity contribution is 9.10. The standard InChI is InChI=1S/C12H9BrF2N2S/c13-8-1-2-9(14)10(11(8)15)6-3-7-4-16-12(18)17(7)5-6/h1-2,4,6H,3,5H2,(H,16,18)/t6-/m1/s1. The van der Waals surface area contributed by atoms with Crippen LogP contribution in [0.3, 0.4) is 0 Å². The Kier molecular flexibility index (Phi) is 2.86. The summed E-state index contributed by atoms with van der Waals surface area (Å²) in [4.78, 5) is 2.93. The second-order valence-corrected chi connectivity index (χ2v) is 5.59. The van der Waals surface area contributed by atoms with Gasteiger partial charge in [-0.3, -0.25) is 0 Å². The van der Waals surface area contributed by atoms with Gasteiger partial charge >= 0.3 is 0 Å². The number of aromatic nitrogens is 2. The van der Waals surface area contributed by atoms with Crippen molar-refractivity contribution in [2.45, 2.75) is 18.9 Å². The van der Waals surface area contributed by atoms with Crippen molar-refractivity contribution >= 4 is 28.1 Å². The third kappa shape index (κ3) is 1.75. The first kappa shape index (κ1) is 12.0. The summed E-state index contributed by atoms with van der Waals surface area (Å²) in [5, 5.41) is 0. The molecule has 2 heterocycles. The minimum absolute atomic E-state index is 0.141. The summed E-state index contributed by atoms with van der Waals surface area (Å²) in [6.45, 7) is 0.516. The molecule has 1 aromatic carbocycles. The van der Waals surface area contributed by atoms with Gasteiger partial charge in [0.1, 0.15) is 11.6 Å². The monoisotopic (exact) mass is 330 g/mol. The van der Waals surface area contributed by atoms with Crippen LogP contribution < -0.4 is 0 Å². The van der Waals surface area contributed by atoms with Crippen LogP contribution in [0.2, 0.25) is 0 Å². The first-order valence-corrected chi connectivity index (χ1v) is 6.68. The van der Waals surface area contributed by atoms with Gasteiger partial charge in [0.2, 0.25) is 0 Å². The molecule has 0 spiro atoms. The number of nitrogens with zero attached hydrogens (tertiary/aromatic N) is 1. The van der Waals surface area contributed by atoms with Gasteiger partial charge in [0.25, 0.3) is 0 Å². The molecule has 18 heavy (non-hydrogen) atoms. The highest BCUT2D eigenvalue weighted by Crippen LogP contribution is 2.35. The maximum absolute atomic E-state index is 14.0. The predicted molar refractivity (Wildman–Crippen MR) is 70.1 cm³/mol. The summed E-state index contributed by atoms with van der Waals surface area (Å²) in [6, 6.07) is 2.67. The molecule has 0 saturated heterocycles. The SMILES string of the molecule is Fc1ccc(Br)c(F)c1[C@@H]1Cc2c[nH]c(=S)n2C1. The Bertz CT molecular complexity index is 677. The van der Waals surface area contributed by atoms with E-state index in [0.717, 1.165) is 5.69 Å². The molecule has 94 valence electrons. The molecule has 0 unspecified atom stereocenters. The van der Waals surface area contributed by atoms with E-state index in [-0.39, 0.29) is 11.5 Å². The molecule has 1 aliphatic rings. The minimum atomic E-state index is -0.513. The third-order valence-corrected chi connectivity index (χ3v) is 4.25. The average Bonchev–Trinajstić information content (AvgIpc) is 2.88. The average molecular weight is 331 g/mol.